The van der Waals surface area contributed by atoms with Crippen LogP contribution in [0.3, 0.4) is 0 Å². The van der Waals surface area contributed by atoms with Crippen molar-refractivity contribution in [2.24, 2.45) is 0 Å². The van der Waals surface area contributed by atoms with Gasteiger partial charge in [0.2, 0.25) is 5.67 Å². The molecular weight excluding hydrogens is 418 g/mol. The first-order valence-electron chi connectivity index (χ1n) is 9.10. The standard InChI is InChI=1S/C22H18ClF4N3/c1-14(30-20-17-8-3-4-9-19(17)28-13-29-20)6-5-7-15-10-11-16(12-18(15)23)21(2,24)22(25,26)27/h3-4,8-14H,6H2,1-2H3,(H,28,29,30). The van der Waals surface area contributed by atoms with Crippen LogP contribution in [0.5, 0.6) is 0 Å². The molecule has 0 aliphatic heterocycles. The fourth-order valence-electron chi connectivity index (χ4n) is 2.78. The number of nitrogens with zero attached hydrogens (tertiary/aromatic N) is 2. The molecule has 2 unspecified atom stereocenters. The molecule has 0 amide bonds. The van der Waals surface area contributed by atoms with Crippen molar-refractivity contribution in [1.82, 2.24) is 9.97 Å². The average molecular weight is 436 g/mol. The van der Waals surface area contributed by atoms with Gasteiger partial charge >= 0.3 is 6.18 Å². The molecule has 156 valence electrons. The summed E-state index contributed by atoms with van der Waals surface area (Å²) in [4.78, 5) is 8.47. The van der Waals surface area contributed by atoms with Gasteiger partial charge in [0.25, 0.3) is 0 Å². The van der Waals surface area contributed by atoms with Crippen LogP contribution < -0.4 is 5.32 Å². The Morgan fingerprint density at radius 2 is 1.83 bits per heavy atom. The molecule has 0 aliphatic rings. The summed E-state index contributed by atoms with van der Waals surface area (Å²) in [5, 5.41) is 4.12. The molecule has 0 saturated carbocycles. The van der Waals surface area contributed by atoms with Crippen LogP contribution in [0.4, 0.5) is 23.4 Å². The van der Waals surface area contributed by atoms with Gasteiger partial charge in [-0.05, 0) is 43.7 Å². The Hall–Kier alpha value is -2.85. The number of para-hydroxylation sites is 1. The van der Waals surface area contributed by atoms with Gasteiger partial charge in [0.05, 0.1) is 10.5 Å². The van der Waals surface area contributed by atoms with Crippen LogP contribution in [0.15, 0.2) is 48.8 Å². The van der Waals surface area contributed by atoms with Gasteiger partial charge in [-0.25, -0.2) is 14.4 Å². The highest BCUT2D eigenvalue weighted by Gasteiger charge is 2.53. The number of aromatic nitrogens is 2. The monoisotopic (exact) mass is 435 g/mol. The summed E-state index contributed by atoms with van der Waals surface area (Å²) in [7, 11) is 0. The second-order valence-corrected chi connectivity index (χ2v) is 7.39. The molecule has 0 aliphatic carbocycles. The minimum atomic E-state index is -5.03. The molecule has 1 N–H and O–H groups in total. The quantitative estimate of drug-likeness (QED) is 0.387. The largest absolute Gasteiger partial charge is 0.426 e. The van der Waals surface area contributed by atoms with Crippen LogP contribution in [0.2, 0.25) is 5.02 Å². The van der Waals surface area contributed by atoms with Crippen LogP contribution in [0.25, 0.3) is 10.9 Å². The number of halogens is 5. The lowest BCUT2D eigenvalue weighted by Gasteiger charge is -2.24. The summed E-state index contributed by atoms with van der Waals surface area (Å²) in [6, 6.07) is 10.8. The Labute approximate surface area is 176 Å². The molecule has 3 rings (SSSR count). The van der Waals surface area contributed by atoms with Crippen LogP contribution in [-0.4, -0.2) is 22.2 Å². The van der Waals surface area contributed by atoms with E-state index in [0.717, 1.165) is 23.0 Å². The molecule has 1 aromatic heterocycles. The Balaban J connectivity index is 1.70. The molecule has 30 heavy (non-hydrogen) atoms. The molecule has 0 saturated heterocycles. The maximum atomic E-state index is 14.1. The van der Waals surface area contributed by atoms with Gasteiger partial charge in [-0.15, -0.1) is 0 Å². The Bertz CT molecular complexity index is 1110. The van der Waals surface area contributed by atoms with Gasteiger partial charge in [0.15, 0.2) is 0 Å². The van der Waals surface area contributed by atoms with E-state index in [0.29, 0.717) is 24.7 Å². The van der Waals surface area contributed by atoms with E-state index in [4.69, 9.17) is 11.6 Å². The zero-order chi connectivity index (χ0) is 21.9. The summed E-state index contributed by atoms with van der Waals surface area (Å²) in [6.07, 6.45) is -3.13. The summed E-state index contributed by atoms with van der Waals surface area (Å²) in [5.41, 5.74) is -2.89. The molecule has 0 bridgehead atoms. The second-order valence-electron chi connectivity index (χ2n) is 6.99. The number of benzene rings is 2. The smallest absolute Gasteiger partial charge is 0.366 e. The van der Waals surface area contributed by atoms with Gasteiger partial charge in [0.1, 0.15) is 12.1 Å². The molecule has 0 radical (unpaired) electrons. The van der Waals surface area contributed by atoms with E-state index in [9.17, 15) is 17.6 Å². The van der Waals surface area contributed by atoms with Gasteiger partial charge in [0, 0.05) is 23.4 Å². The van der Waals surface area contributed by atoms with Crippen molar-refractivity contribution in [2.75, 3.05) is 5.32 Å². The molecule has 3 aromatic rings. The lowest BCUT2D eigenvalue weighted by Crippen LogP contribution is -2.34. The molecule has 2 atom stereocenters. The first-order chi connectivity index (χ1) is 14.1. The van der Waals surface area contributed by atoms with Crippen molar-refractivity contribution in [3.05, 3.63) is 64.9 Å². The second kappa shape index (κ2) is 8.49. The number of nitrogens with one attached hydrogen (secondary N) is 1. The highest BCUT2D eigenvalue weighted by Crippen LogP contribution is 2.42. The highest BCUT2D eigenvalue weighted by atomic mass is 35.5. The normalized spacial score (nSPS) is 14.5. The average Bonchev–Trinajstić information content (AvgIpc) is 2.68. The van der Waals surface area contributed by atoms with Crippen LogP contribution in [0, 0.1) is 11.8 Å². The lowest BCUT2D eigenvalue weighted by atomic mass is 9.96. The predicted octanol–water partition coefficient (Wildman–Crippen LogP) is 6.27. The van der Waals surface area contributed by atoms with Crippen molar-refractivity contribution in [1.29, 1.82) is 0 Å². The minimum absolute atomic E-state index is 0.0319. The van der Waals surface area contributed by atoms with Crippen molar-refractivity contribution in [3.8, 4) is 11.8 Å². The maximum absolute atomic E-state index is 14.1. The lowest BCUT2D eigenvalue weighted by molar-refractivity contribution is -0.228. The SMILES string of the molecule is CC(CC#Cc1ccc(C(C)(F)C(F)(F)F)cc1Cl)Nc1ncnc2ccccc12. The van der Waals surface area contributed by atoms with Crippen LogP contribution >= 0.6 is 11.6 Å². The number of rotatable bonds is 4. The van der Waals surface area contributed by atoms with Gasteiger partial charge in [-0.1, -0.05) is 41.6 Å². The van der Waals surface area contributed by atoms with Crippen LogP contribution in [-0.2, 0) is 5.67 Å². The molecule has 8 heteroatoms. The first kappa shape index (κ1) is 21.8. The molecule has 0 spiro atoms. The molecule has 1 heterocycles. The van der Waals surface area contributed by atoms with Crippen molar-refractivity contribution in [2.45, 2.75) is 38.2 Å². The van der Waals surface area contributed by atoms with Gasteiger partial charge in [-0.3, -0.25) is 0 Å². The molecular formula is C22H18ClF4N3. The number of anilines is 1. The highest BCUT2D eigenvalue weighted by molar-refractivity contribution is 6.31. The maximum Gasteiger partial charge on any atom is 0.426 e. The van der Waals surface area contributed by atoms with E-state index in [1.165, 1.54) is 12.4 Å². The van der Waals surface area contributed by atoms with E-state index in [2.05, 4.69) is 27.1 Å². The van der Waals surface area contributed by atoms with E-state index in [1.54, 1.807) is 0 Å². The van der Waals surface area contributed by atoms with Crippen LogP contribution in [0.1, 0.15) is 31.4 Å². The number of alkyl halides is 4. The van der Waals surface area contributed by atoms with E-state index in [1.807, 2.05) is 31.2 Å². The predicted molar refractivity (Wildman–Crippen MR) is 110 cm³/mol. The Morgan fingerprint density at radius 1 is 1.10 bits per heavy atom. The number of fused-ring (bicyclic) bond motifs is 1. The van der Waals surface area contributed by atoms with E-state index >= 15 is 0 Å². The third kappa shape index (κ3) is 4.65. The number of hydrogen-bond donors (Lipinski definition) is 1. The van der Waals surface area contributed by atoms with Crippen molar-refractivity contribution < 1.29 is 17.6 Å². The molecule has 3 nitrogen and oxygen atoms in total. The summed E-state index contributed by atoms with van der Waals surface area (Å²) in [5.74, 6) is 6.46. The van der Waals surface area contributed by atoms with Gasteiger partial charge in [-0.2, -0.15) is 13.2 Å². The molecule has 0 fully saturated rings. The fraction of sp³-hybridized carbons (Fsp3) is 0.273. The summed E-state index contributed by atoms with van der Waals surface area (Å²) >= 11 is 6.03. The Morgan fingerprint density at radius 3 is 2.53 bits per heavy atom. The van der Waals surface area contributed by atoms with E-state index < -0.39 is 17.4 Å². The third-order valence-corrected chi connectivity index (χ3v) is 4.91. The topological polar surface area (TPSA) is 37.8 Å². The van der Waals surface area contributed by atoms with E-state index in [-0.39, 0.29) is 11.1 Å². The third-order valence-electron chi connectivity index (χ3n) is 4.60. The molecule has 2 aromatic carbocycles. The summed E-state index contributed by atoms with van der Waals surface area (Å²) < 4.78 is 52.7. The zero-order valence-corrected chi connectivity index (χ0v) is 16.9. The number of hydrogen-bond acceptors (Lipinski definition) is 3. The zero-order valence-electron chi connectivity index (χ0n) is 16.2. The summed E-state index contributed by atoms with van der Waals surface area (Å²) in [6.45, 7) is 2.39. The van der Waals surface area contributed by atoms with Crippen molar-refractivity contribution in [3.63, 3.8) is 0 Å². The van der Waals surface area contributed by atoms with Gasteiger partial charge < -0.3 is 5.32 Å². The fourth-order valence-corrected chi connectivity index (χ4v) is 3.00. The first-order valence-corrected chi connectivity index (χ1v) is 9.48. The Kier molecular flexibility index (Phi) is 6.18. The van der Waals surface area contributed by atoms with Crippen molar-refractivity contribution >= 4 is 28.3 Å². The minimum Gasteiger partial charge on any atom is -0.366 e.